The molecule has 1 aromatic heterocycles. The highest BCUT2D eigenvalue weighted by atomic mass is 14.9. The highest BCUT2D eigenvalue weighted by Gasteiger charge is 2.52. The Morgan fingerprint density at radius 1 is 0.323 bits per heavy atom. The van der Waals surface area contributed by atoms with Gasteiger partial charge in [-0.05, 0) is 107 Å². The Labute approximate surface area is 361 Å². The largest absolute Gasteiger partial charge is 0.228 e. The lowest BCUT2D eigenvalue weighted by molar-refractivity contribution is 0.661. The lowest BCUT2D eigenvalue weighted by atomic mass is 9.69. The van der Waals surface area contributed by atoms with E-state index in [1.54, 1.807) is 0 Å². The lowest BCUT2D eigenvalue weighted by Gasteiger charge is -2.32. The maximum absolute atomic E-state index is 5.53. The van der Waals surface area contributed by atoms with E-state index in [4.69, 9.17) is 9.97 Å². The molecule has 2 heteroatoms. The number of benzene rings is 9. The molecule has 0 radical (unpaired) electrons. The molecule has 3 aliphatic carbocycles. The van der Waals surface area contributed by atoms with Crippen LogP contribution in [-0.4, -0.2) is 9.97 Å². The maximum Gasteiger partial charge on any atom is 0.160 e. The first kappa shape index (κ1) is 35.1. The van der Waals surface area contributed by atoms with Crippen LogP contribution in [0.4, 0.5) is 0 Å². The molecule has 290 valence electrons. The van der Waals surface area contributed by atoms with Gasteiger partial charge in [-0.15, -0.1) is 0 Å². The first-order chi connectivity index (χ1) is 30.5. The van der Waals surface area contributed by atoms with Crippen molar-refractivity contribution in [3.63, 3.8) is 0 Å². The van der Waals surface area contributed by atoms with Gasteiger partial charge in [-0.25, -0.2) is 9.97 Å². The van der Waals surface area contributed by atoms with Gasteiger partial charge in [-0.3, -0.25) is 0 Å². The number of hydrogen-bond acceptors (Lipinski definition) is 2. The molecule has 0 aliphatic heterocycles. The number of aromatic nitrogens is 2. The number of hydrogen-bond donors (Lipinski definition) is 0. The summed E-state index contributed by atoms with van der Waals surface area (Å²) < 4.78 is 0. The summed E-state index contributed by atoms with van der Waals surface area (Å²) in [6, 6.07) is 75.8. The molecule has 13 rings (SSSR count). The highest BCUT2D eigenvalue weighted by Crippen LogP contribution is 2.64. The van der Waals surface area contributed by atoms with E-state index < -0.39 is 5.41 Å². The number of rotatable bonds is 4. The second kappa shape index (κ2) is 12.9. The molecular formula is C60H40N2. The Morgan fingerprint density at radius 2 is 0.790 bits per heavy atom. The summed E-state index contributed by atoms with van der Waals surface area (Å²) in [5, 5.41) is 2.53. The van der Waals surface area contributed by atoms with Gasteiger partial charge >= 0.3 is 0 Å². The van der Waals surface area contributed by atoms with E-state index in [1.165, 1.54) is 83.1 Å². The van der Waals surface area contributed by atoms with Crippen molar-refractivity contribution in [3.8, 4) is 78.4 Å². The normalized spacial score (nSPS) is 14.2. The first-order valence-electron chi connectivity index (χ1n) is 21.7. The topological polar surface area (TPSA) is 25.8 Å². The monoisotopic (exact) mass is 788 g/mol. The molecule has 0 fully saturated rings. The van der Waals surface area contributed by atoms with Crippen LogP contribution in [0.25, 0.3) is 89.2 Å². The smallest absolute Gasteiger partial charge is 0.160 e. The summed E-state index contributed by atoms with van der Waals surface area (Å²) in [4.78, 5) is 11.0. The quantitative estimate of drug-likeness (QED) is 0.177. The van der Waals surface area contributed by atoms with E-state index in [2.05, 4.69) is 220 Å². The Morgan fingerprint density at radius 3 is 1.47 bits per heavy atom. The summed E-state index contributed by atoms with van der Waals surface area (Å²) in [5.74, 6) is 0.707. The minimum atomic E-state index is -0.513. The van der Waals surface area contributed by atoms with Crippen molar-refractivity contribution in [2.45, 2.75) is 24.7 Å². The number of fused-ring (bicyclic) bond motifs is 14. The fourth-order valence-corrected chi connectivity index (χ4v) is 11.4. The molecule has 10 aromatic rings. The zero-order valence-electron chi connectivity index (χ0n) is 34.5. The van der Waals surface area contributed by atoms with E-state index in [9.17, 15) is 0 Å². The summed E-state index contributed by atoms with van der Waals surface area (Å²) in [5.41, 5.74) is 22.4. The first-order valence-corrected chi connectivity index (χ1v) is 21.7. The molecule has 0 amide bonds. The molecule has 0 unspecified atom stereocenters. The van der Waals surface area contributed by atoms with Crippen LogP contribution in [0.5, 0.6) is 0 Å². The van der Waals surface area contributed by atoms with Gasteiger partial charge in [0.2, 0.25) is 0 Å². The molecule has 0 N–H and O–H groups in total. The van der Waals surface area contributed by atoms with E-state index in [0.29, 0.717) is 5.82 Å². The van der Waals surface area contributed by atoms with Crippen molar-refractivity contribution in [3.05, 3.63) is 240 Å². The molecule has 1 spiro atoms. The van der Waals surface area contributed by atoms with E-state index >= 15 is 0 Å². The minimum Gasteiger partial charge on any atom is -0.228 e. The zero-order chi connectivity index (χ0) is 41.2. The molecule has 0 saturated heterocycles. The maximum atomic E-state index is 5.53. The standard InChI is InChI=1S/C60H40N2/c1-59(2)52-33-17-27-45(56(52)48-34-38-20-6-7-21-39(38)35-53(48)59)40-22-8-9-26-44(40)54-36-55(62-58(61-54)37-18-4-3-5-19-37)47-29-16-28-46-43-25-12-15-32-51(43)60(57(46)47)49-30-13-10-23-41(49)42-24-11-14-31-50(42)60/h3-36H,1-2H3. The Bertz CT molecular complexity index is 3440. The second-order valence-electron chi connectivity index (χ2n) is 17.6. The molecule has 2 nitrogen and oxygen atoms in total. The molecule has 1 heterocycles. The molecule has 0 saturated carbocycles. The Kier molecular flexibility index (Phi) is 7.31. The summed E-state index contributed by atoms with van der Waals surface area (Å²) in [6.45, 7) is 4.74. The van der Waals surface area contributed by atoms with Crippen LogP contribution >= 0.6 is 0 Å². The van der Waals surface area contributed by atoms with Crippen LogP contribution in [0.1, 0.15) is 47.2 Å². The van der Waals surface area contributed by atoms with Crippen molar-refractivity contribution >= 4 is 10.8 Å². The van der Waals surface area contributed by atoms with Gasteiger partial charge in [0, 0.05) is 22.1 Å². The van der Waals surface area contributed by atoms with Crippen LogP contribution in [-0.2, 0) is 10.8 Å². The molecule has 3 aliphatic rings. The van der Waals surface area contributed by atoms with Crippen molar-refractivity contribution in [1.82, 2.24) is 9.97 Å². The second-order valence-corrected chi connectivity index (χ2v) is 17.6. The van der Waals surface area contributed by atoms with Crippen LogP contribution < -0.4 is 0 Å². The Balaban J connectivity index is 1.08. The third kappa shape index (κ3) is 4.69. The van der Waals surface area contributed by atoms with Gasteiger partial charge in [-0.2, -0.15) is 0 Å². The molecule has 0 atom stereocenters. The average Bonchev–Trinajstić information content (AvgIpc) is 3.89. The van der Waals surface area contributed by atoms with E-state index in [0.717, 1.165) is 33.6 Å². The van der Waals surface area contributed by atoms with Crippen LogP contribution in [0.2, 0.25) is 0 Å². The van der Waals surface area contributed by atoms with E-state index in [1.807, 2.05) is 0 Å². The van der Waals surface area contributed by atoms with Crippen LogP contribution in [0.3, 0.4) is 0 Å². The Hall–Kier alpha value is -7.68. The van der Waals surface area contributed by atoms with Gasteiger partial charge in [-0.1, -0.05) is 202 Å². The molecular weight excluding hydrogens is 749 g/mol. The predicted octanol–water partition coefficient (Wildman–Crippen LogP) is 14.9. The molecule has 62 heavy (non-hydrogen) atoms. The summed E-state index contributed by atoms with van der Waals surface area (Å²) in [6.07, 6.45) is 0. The third-order valence-corrected chi connectivity index (χ3v) is 14.1. The van der Waals surface area contributed by atoms with Gasteiger partial charge < -0.3 is 0 Å². The fourth-order valence-electron chi connectivity index (χ4n) is 11.4. The third-order valence-electron chi connectivity index (χ3n) is 14.1. The average molecular weight is 789 g/mol. The minimum absolute atomic E-state index is 0.152. The number of nitrogens with zero attached hydrogens (tertiary/aromatic N) is 2. The van der Waals surface area contributed by atoms with Gasteiger partial charge in [0.15, 0.2) is 5.82 Å². The van der Waals surface area contributed by atoms with Crippen molar-refractivity contribution in [2.24, 2.45) is 0 Å². The van der Waals surface area contributed by atoms with Crippen LogP contribution in [0.15, 0.2) is 206 Å². The predicted molar refractivity (Wildman–Crippen MR) is 255 cm³/mol. The van der Waals surface area contributed by atoms with Crippen LogP contribution in [0, 0.1) is 0 Å². The summed E-state index contributed by atoms with van der Waals surface area (Å²) in [7, 11) is 0. The lowest BCUT2D eigenvalue weighted by Crippen LogP contribution is -2.26. The van der Waals surface area contributed by atoms with Gasteiger partial charge in [0.1, 0.15) is 0 Å². The summed E-state index contributed by atoms with van der Waals surface area (Å²) >= 11 is 0. The van der Waals surface area contributed by atoms with Crippen molar-refractivity contribution in [2.75, 3.05) is 0 Å². The van der Waals surface area contributed by atoms with Crippen molar-refractivity contribution in [1.29, 1.82) is 0 Å². The molecule has 9 aromatic carbocycles. The molecule has 0 bridgehead atoms. The zero-order valence-corrected chi connectivity index (χ0v) is 34.5. The highest BCUT2D eigenvalue weighted by molar-refractivity contribution is 6.02. The van der Waals surface area contributed by atoms with Crippen molar-refractivity contribution < 1.29 is 0 Å². The SMILES string of the molecule is CC1(C)c2cc3ccccc3cc2-c2c(-c3ccccc3-c3cc(-c4cccc5c4C4(c6ccccc6-c6ccccc64)c4ccccc4-5)nc(-c4ccccc4)n3)cccc21. The van der Waals surface area contributed by atoms with E-state index in [-0.39, 0.29) is 5.41 Å². The van der Waals surface area contributed by atoms with Gasteiger partial charge in [0.25, 0.3) is 0 Å². The fraction of sp³-hybridized carbons (Fsp3) is 0.0667. The van der Waals surface area contributed by atoms with Gasteiger partial charge in [0.05, 0.1) is 16.8 Å².